The van der Waals surface area contributed by atoms with Crippen LogP contribution in [-0.2, 0) is 14.4 Å². The highest BCUT2D eigenvalue weighted by Crippen LogP contribution is 2.38. The van der Waals surface area contributed by atoms with Crippen LogP contribution >= 0.6 is 0 Å². The van der Waals surface area contributed by atoms with Crippen LogP contribution in [0.15, 0.2) is 24.3 Å². The van der Waals surface area contributed by atoms with Gasteiger partial charge in [-0.15, -0.1) is 0 Å². The molecule has 2 heterocycles. The Kier molecular flexibility index (Phi) is 5.74. The summed E-state index contributed by atoms with van der Waals surface area (Å²) >= 11 is 0. The molecule has 1 saturated heterocycles. The summed E-state index contributed by atoms with van der Waals surface area (Å²) in [6.07, 6.45) is 3.50. The Hall–Kier alpha value is -2.57. The second-order valence-corrected chi connectivity index (χ2v) is 8.01. The van der Waals surface area contributed by atoms with E-state index in [0.717, 1.165) is 25.7 Å². The first kappa shape index (κ1) is 19.7. The van der Waals surface area contributed by atoms with Crippen molar-refractivity contribution in [1.29, 1.82) is 0 Å². The van der Waals surface area contributed by atoms with Crippen LogP contribution < -0.4 is 9.47 Å². The van der Waals surface area contributed by atoms with Gasteiger partial charge in [-0.2, -0.15) is 0 Å². The first-order chi connectivity index (χ1) is 14.1. The van der Waals surface area contributed by atoms with Crippen LogP contribution in [0.1, 0.15) is 39.0 Å². The van der Waals surface area contributed by atoms with E-state index < -0.39 is 0 Å². The lowest BCUT2D eigenvalue weighted by Crippen LogP contribution is -2.44. The van der Waals surface area contributed by atoms with Gasteiger partial charge in [-0.3, -0.25) is 19.3 Å². The van der Waals surface area contributed by atoms with E-state index in [2.05, 4.69) is 0 Å². The van der Waals surface area contributed by atoms with Crippen molar-refractivity contribution in [2.75, 3.05) is 26.2 Å². The fraction of sp³-hybridized carbons (Fsp3) is 0.591. The Morgan fingerprint density at radius 2 is 1.76 bits per heavy atom. The lowest BCUT2D eigenvalue weighted by molar-refractivity contribution is -0.141. The molecule has 1 aliphatic carbocycles. The molecule has 0 bridgehead atoms. The smallest absolute Gasteiger partial charge is 0.233 e. The van der Waals surface area contributed by atoms with E-state index in [9.17, 15) is 14.4 Å². The largest absolute Gasteiger partial charge is 0.486 e. The molecule has 156 valence electrons. The van der Waals surface area contributed by atoms with E-state index in [1.165, 1.54) is 4.90 Å². The van der Waals surface area contributed by atoms with Gasteiger partial charge in [0.15, 0.2) is 17.6 Å². The molecule has 0 radical (unpaired) electrons. The highest BCUT2D eigenvalue weighted by molar-refractivity contribution is 6.05. The number of carbonyl (C=O) groups is 3. The minimum Gasteiger partial charge on any atom is -0.486 e. The van der Waals surface area contributed by atoms with Crippen LogP contribution in [0.2, 0.25) is 0 Å². The van der Waals surface area contributed by atoms with E-state index in [1.807, 2.05) is 31.2 Å². The summed E-state index contributed by atoms with van der Waals surface area (Å²) in [5.74, 6) is 0.814. The number of fused-ring (bicyclic) bond motifs is 2. The number of likely N-dealkylation sites (tertiary alicyclic amines) is 1. The van der Waals surface area contributed by atoms with Gasteiger partial charge in [0.25, 0.3) is 0 Å². The van der Waals surface area contributed by atoms with Crippen LogP contribution in [0.3, 0.4) is 0 Å². The number of hydrogen-bond donors (Lipinski definition) is 0. The fourth-order valence-corrected chi connectivity index (χ4v) is 4.62. The molecule has 3 atom stereocenters. The summed E-state index contributed by atoms with van der Waals surface area (Å²) in [5, 5.41) is 0. The molecule has 4 rings (SSSR count). The number of ether oxygens (including phenoxy) is 2. The first-order valence-corrected chi connectivity index (χ1v) is 10.6. The molecule has 29 heavy (non-hydrogen) atoms. The number of hydrogen-bond acceptors (Lipinski definition) is 5. The van der Waals surface area contributed by atoms with Crippen molar-refractivity contribution in [3.05, 3.63) is 24.3 Å². The van der Waals surface area contributed by atoms with Gasteiger partial charge in [-0.05, 0) is 31.9 Å². The molecule has 7 heteroatoms. The van der Waals surface area contributed by atoms with Gasteiger partial charge < -0.3 is 14.4 Å². The van der Waals surface area contributed by atoms with Crippen LogP contribution in [0.25, 0.3) is 0 Å². The monoisotopic (exact) mass is 400 g/mol. The maximum Gasteiger partial charge on any atom is 0.233 e. The fourth-order valence-electron chi connectivity index (χ4n) is 4.62. The van der Waals surface area contributed by atoms with E-state index in [4.69, 9.17) is 9.47 Å². The highest BCUT2D eigenvalue weighted by atomic mass is 16.6. The molecule has 0 N–H and O–H groups in total. The number of imide groups is 1. The molecule has 1 saturated carbocycles. The number of likely N-dealkylation sites (N-methyl/N-ethyl adjacent to an activating group) is 1. The summed E-state index contributed by atoms with van der Waals surface area (Å²) in [7, 11) is 0. The van der Waals surface area contributed by atoms with Gasteiger partial charge in [0, 0.05) is 19.5 Å². The molecule has 1 aromatic rings. The van der Waals surface area contributed by atoms with Gasteiger partial charge >= 0.3 is 0 Å². The summed E-state index contributed by atoms with van der Waals surface area (Å²) in [5.41, 5.74) is 0. The molecule has 7 nitrogen and oxygen atoms in total. The van der Waals surface area contributed by atoms with Crippen molar-refractivity contribution >= 4 is 17.7 Å². The molecule has 0 unspecified atom stereocenters. The second-order valence-electron chi connectivity index (χ2n) is 8.01. The van der Waals surface area contributed by atoms with Crippen LogP contribution in [0.5, 0.6) is 11.5 Å². The minimum absolute atomic E-state index is 0.0783. The average Bonchev–Trinajstić information content (AvgIpc) is 3.00. The van der Waals surface area contributed by atoms with Crippen molar-refractivity contribution < 1.29 is 23.9 Å². The molecule has 3 aliphatic rings. The van der Waals surface area contributed by atoms with E-state index in [1.54, 1.807) is 4.90 Å². The lowest BCUT2D eigenvalue weighted by atomic mass is 9.81. The Morgan fingerprint density at radius 1 is 1.10 bits per heavy atom. The van der Waals surface area contributed by atoms with Crippen molar-refractivity contribution in [3.8, 4) is 11.5 Å². The zero-order valence-electron chi connectivity index (χ0n) is 16.8. The van der Waals surface area contributed by atoms with Gasteiger partial charge in [0.1, 0.15) is 6.61 Å². The number of benzene rings is 1. The number of carbonyl (C=O) groups excluding carboxylic acids is 3. The maximum atomic E-state index is 12.8. The third-order valence-electron chi connectivity index (χ3n) is 6.21. The Bertz CT molecular complexity index is 771. The standard InChI is InChI=1S/C22H28N2O5/c1-2-23(13-15-14-28-18-9-5-6-10-19(18)29-15)20(25)11-12-24-21(26)16-7-3-4-8-17(16)22(24)27/h5-6,9-10,15-17H,2-4,7-8,11-14H2,1H3/t15-,16-,17+/m0/s1. The summed E-state index contributed by atoms with van der Waals surface area (Å²) in [4.78, 5) is 40.9. The van der Waals surface area contributed by atoms with Gasteiger partial charge in [-0.1, -0.05) is 25.0 Å². The SMILES string of the molecule is CCN(C[C@H]1COc2ccccc2O1)C(=O)CCN1C(=O)[C@H]2CCCC[C@H]2C1=O. The predicted molar refractivity (Wildman–Crippen MR) is 105 cm³/mol. The van der Waals surface area contributed by atoms with Crippen LogP contribution in [0, 0.1) is 11.8 Å². The number of amides is 3. The van der Waals surface area contributed by atoms with Crippen molar-refractivity contribution in [2.45, 2.75) is 45.1 Å². The minimum atomic E-state index is -0.244. The summed E-state index contributed by atoms with van der Waals surface area (Å²) in [6.45, 7) is 3.42. The molecular weight excluding hydrogens is 372 g/mol. The third kappa shape index (κ3) is 3.95. The van der Waals surface area contributed by atoms with Gasteiger partial charge in [0.05, 0.1) is 18.4 Å². The van der Waals surface area contributed by atoms with E-state index in [-0.39, 0.29) is 48.6 Å². The molecule has 0 spiro atoms. The molecule has 1 aromatic carbocycles. The summed E-state index contributed by atoms with van der Waals surface area (Å²) in [6, 6.07) is 7.48. The molecule has 3 amide bonds. The van der Waals surface area contributed by atoms with Crippen molar-refractivity contribution in [3.63, 3.8) is 0 Å². The Morgan fingerprint density at radius 3 is 2.41 bits per heavy atom. The average molecular weight is 400 g/mol. The zero-order valence-corrected chi connectivity index (χ0v) is 16.8. The Labute approximate surface area is 170 Å². The first-order valence-electron chi connectivity index (χ1n) is 10.6. The quantitative estimate of drug-likeness (QED) is 0.685. The summed E-state index contributed by atoms with van der Waals surface area (Å²) < 4.78 is 11.7. The second kappa shape index (κ2) is 8.43. The van der Waals surface area contributed by atoms with Crippen LogP contribution in [0.4, 0.5) is 0 Å². The maximum absolute atomic E-state index is 12.8. The number of rotatable bonds is 6. The number of para-hydroxylation sites is 2. The van der Waals surface area contributed by atoms with E-state index >= 15 is 0 Å². The zero-order chi connectivity index (χ0) is 20.4. The van der Waals surface area contributed by atoms with Gasteiger partial charge in [-0.25, -0.2) is 0 Å². The molecule has 0 aromatic heterocycles. The van der Waals surface area contributed by atoms with E-state index in [0.29, 0.717) is 31.2 Å². The highest BCUT2D eigenvalue weighted by Gasteiger charge is 2.47. The molecule has 2 aliphatic heterocycles. The van der Waals surface area contributed by atoms with Crippen LogP contribution in [-0.4, -0.2) is 59.9 Å². The van der Waals surface area contributed by atoms with Gasteiger partial charge in [0.2, 0.25) is 17.7 Å². The normalized spacial score (nSPS) is 25.7. The molecular formula is C22H28N2O5. The predicted octanol–water partition coefficient (Wildman–Crippen LogP) is 2.24. The number of nitrogens with zero attached hydrogens (tertiary/aromatic N) is 2. The topological polar surface area (TPSA) is 76.2 Å². The Balaban J connectivity index is 1.31. The lowest BCUT2D eigenvalue weighted by Gasteiger charge is -2.31. The third-order valence-corrected chi connectivity index (χ3v) is 6.21. The molecule has 2 fully saturated rings. The van der Waals surface area contributed by atoms with Crippen molar-refractivity contribution in [1.82, 2.24) is 9.80 Å². The van der Waals surface area contributed by atoms with Crippen molar-refractivity contribution in [2.24, 2.45) is 11.8 Å².